The largest absolute Gasteiger partial charge is 0.356 e. The molecule has 1 aromatic carbocycles. The van der Waals surface area contributed by atoms with E-state index in [0.29, 0.717) is 6.54 Å². The second-order valence-electron chi connectivity index (χ2n) is 4.19. The van der Waals surface area contributed by atoms with Crippen LogP contribution >= 0.6 is 0 Å². The molecular formula is C14H22FN3. The van der Waals surface area contributed by atoms with Gasteiger partial charge in [0.05, 0.1) is 0 Å². The molecule has 0 bridgehead atoms. The molecule has 0 aromatic heterocycles. The Bertz CT molecular complexity index is 360. The Labute approximate surface area is 109 Å². The first kappa shape index (κ1) is 14.5. The van der Waals surface area contributed by atoms with E-state index in [-0.39, 0.29) is 5.82 Å². The van der Waals surface area contributed by atoms with Crippen LogP contribution in [0.5, 0.6) is 0 Å². The number of hydrogen-bond acceptors (Lipinski definition) is 1. The molecule has 0 saturated heterocycles. The first-order valence-corrected chi connectivity index (χ1v) is 6.45. The van der Waals surface area contributed by atoms with Crippen molar-refractivity contribution in [1.29, 1.82) is 0 Å². The molecule has 1 aromatic rings. The summed E-state index contributed by atoms with van der Waals surface area (Å²) in [6.07, 6.45) is 3.58. The molecule has 1 rings (SSSR count). The van der Waals surface area contributed by atoms with Crippen LogP contribution in [0.25, 0.3) is 0 Å². The van der Waals surface area contributed by atoms with Crippen LogP contribution in [-0.2, 0) is 6.54 Å². The van der Waals surface area contributed by atoms with Crippen molar-refractivity contribution in [3.05, 3.63) is 35.6 Å². The standard InChI is InChI=1S/C14H22FN3/c1-3-4-5-10-17-14(16-2)18-11-12-6-8-13(15)9-7-12/h6-9H,3-5,10-11H2,1-2H3,(H2,16,17,18). The Morgan fingerprint density at radius 2 is 1.89 bits per heavy atom. The molecule has 0 unspecified atom stereocenters. The van der Waals surface area contributed by atoms with Gasteiger partial charge in [0.1, 0.15) is 5.82 Å². The van der Waals surface area contributed by atoms with E-state index in [4.69, 9.17) is 0 Å². The van der Waals surface area contributed by atoms with Gasteiger partial charge in [0, 0.05) is 20.1 Å². The van der Waals surface area contributed by atoms with Crippen molar-refractivity contribution in [3.63, 3.8) is 0 Å². The summed E-state index contributed by atoms with van der Waals surface area (Å²) in [5, 5.41) is 6.45. The summed E-state index contributed by atoms with van der Waals surface area (Å²) in [6.45, 7) is 3.76. The van der Waals surface area contributed by atoms with Crippen LogP contribution in [-0.4, -0.2) is 19.6 Å². The summed E-state index contributed by atoms with van der Waals surface area (Å²) >= 11 is 0. The molecule has 3 nitrogen and oxygen atoms in total. The number of unbranched alkanes of at least 4 members (excludes halogenated alkanes) is 2. The second kappa shape index (κ2) is 8.50. The minimum atomic E-state index is -0.208. The van der Waals surface area contributed by atoms with E-state index in [1.165, 1.54) is 25.0 Å². The summed E-state index contributed by atoms with van der Waals surface area (Å²) in [6, 6.07) is 6.47. The van der Waals surface area contributed by atoms with Crippen molar-refractivity contribution in [2.75, 3.05) is 13.6 Å². The van der Waals surface area contributed by atoms with Gasteiger partial charge in [0.15, 0.2) is 5.96 Å². The minimum absolute atomic E-state index is 0.208. The molecule has 0 atom stereocenters. The lowest BCUT2D eigenvalue weighted by Gasteiger charge is -2.11. The van der Waals surface area contributed by atoms with Crippen LogP contribution in [0.3, 0.4) is 0 Å². The van der Waals surface area contributed by atoms with Crippen LogP contribution in [0.15, 0.2) is 29.3 Å². The predicted octanol–water partition coefficient (Wildman–Crippen LogP) is 2.68. The maximum Gasteiger partial charge on any atom is 0.191 e. The first-order valence-electron chi connectivity index (χ1n) is 6.45. The molecule has 2 N–H and O–H groups in total. The lowest BCUT2D eigenvalue weighted by molar-refractivity contribution is 0.626. The third-order valence-electron chi connectivity index (χ3n) is 2.67. The topological polar surface area (TPSA) is 36.4 Å². The van der Waals surface area contributed by atoms with E-state index in [0.717, 1.165) is 24.5 Å². The van der Waals surface area contributed by atoms with Gasteiger partial charge in [0.2, 0.25) is 0 Å². The molecule has 0 amide bonds. The van der Waals surface area contributed by atoms with Gasteiger partial charge in [0.25, 0.3) is 0 Å². The zero-order valence-electron chi connectivity index (χ0n) is 11.2. The average Bonchev–Trinajstić information content (AvgIpc) is 2.40. The molecule has 0 saturated carbocycles. The number of aliphatic imine (C=N–C) groups is 1. The fourth-order valence-electron chi connectivity index (χ4n) is 1.59. The number of nitrogens with one attached hydrogen (secondary N) is 2. The molecule has 100 valence electrons. The van der Waals surface area contributed by atoms with Crippen molar-refractivity contribution in [2.45, 2.75) is 32.7 Å². The third kappa shape index (κ3) is 5.66. The van der Waals surface area contributed by atoms with Gasteiger partial charge in [-0.3, -0.25) is 4.99 Å². The van der Waals surface area contributed by atoms with Gasteiger partial charge >= 0.3 is 0 Å². The Morgan fingerprint density at radius 3 is 2.50 bits per heavy atom. The Hall–Kier alpha value is -1.58. The molecule has 0 radical (unpaired) electrons. The highest BCUT2D eigenvalue weighted by Crippen LogP contribution is 2.01. The van der Waals surface area contributed by atoms with E-state index in [1.54, 1.807) is 19.2 Å². The van der Waals surface area contributed by atoms with E-state index >= 15 is 0 Å². The molecule has 4 heteroatoms. The molecule has 0 aliphatic heterocycles. The van der Waals surface area contributed by atoms with Crippen LogP contribution in [0.4, 0.5) is 4.39 Å². The zero-order chi connectivity index (χ0) is 13.2. The zero-order valence-corrected chi connectivity index (χ0v) is 11.2. The minimum Gasteiger partial charge on any atom is -0.356 e. The molecule has 0 aliphatic rings. The van der Waals surface area contributed by atoms with Gasteiger partial charge < -0.3 is 10.6 Å². The number of benzene rings is 1. The number of nitrogens with zero attached hydrogens (tertiary/aromatic N) is 1. The van der Waals surface area contributed by atoms with Gasteiger partial charge in [-0.1, -0.05) is 31.9 Å². The van der Waals surface area contributed by atoms with Crippen molar-refractivity contribution in [3.8, 4) is 0 Å². The van der Waals surface area contributed by atoms with E-state index < -0.39 is 0 Å². The SMILES string of the molecule is CCCCCNC(=NC)NCc1ccc(F)cc1. The quantitative estimate of drug-likeness (QED) is 0.463. The number of rotatable bonds is 6. The van der Waals surface area contributed by atoms with Gasteiger partial charge in [-0.2, -0.15) is 0 Å². The number of hydrogen-bond donors (Lipinski definition) is 2. The summed E-state index contributed by atoms with van der Waals surface area (Å²) in [4.78, 5) is 4.14. The van der Waals surface area contributed by atoms with Crippen molar-refractivity contribution in [1.82, 2.24) is 10.6 Å². The van der Waals surface area contributed by atoms with Gasteiger partial charge in [-0.15, -0.1) is 0 Å². The maximum atomic E-state index is 12.7. The second-order valence-corrected chi connectivity index (χ2v) is 4.19. The average molecular weight is 251 g/mol. The number of halogens is 1. The van der Waals surface area contributed by atoms with Crippen molar-refractivity contribution >= 4 is 5.96 Å². The molecule has 0 fully saturated rings. The highest BCUT2D eigenvalue weighted by Gasteiger charge is 1.98. The first-order chi connectivity index (χ1) is 8.76. The fraction of sp³-hybridized carbons (Fsp3) is 0.500. The molecule has 0 spiro atoms. The molecule has 18 heavy (non-hydrogen) atoms. The monoisotopic (exact) mass is 251 g/mol. The predicted molar refractivity (Wildman–Crippen MR) is 74.1 cm³/mol. The molecule has 0 aliphatic carbocycles. The van der Waals surface area contributed by atoms with Crippen LogP contribution in [0, 0.1) is 5.82 Å². The van der Waals surface area contributed by atoms with E-state index in [2.05, 4.69) is 22.5 Å². The summed E-state index contributed by atoms with van der Waals surface area (Å²) in [5.74, 6) is 0.580. The maximum absolute atomic E-state index is 12.7. The fourth-order valence-corrected chi connectivity index (χ4v) is 1.59. The van der Waals surface area contributed by atoms with E-state index in [1.807, 2.05) is 0 Å². The van der Waals surface area contributed by atoms with Crippen LogP contribution in [0.2, 0.25) is 0 Å². The highest BCUT2D eigenvalue weighted by atomic mass is 19.1. The smallest absolute Gasteiger partial charge is 0.191 e. The van der Waals surface area contributed by atoms with Crippen molar-refractivity contribution in [2.24, 2.45) is 4.99 Å². The Morgan fingerprint density at radius 1 is 1.17 bits per heavy atom. The molecule has 0 heterocycles. The van der Waals surface area contributed by atoms with Crippen molar-refractivity contribution < 1.29 is 4.39 Å². The van der Waals surface area contributed by atoms with Gasteiger partial charge in [-0.25, -0.2) is 4.39 Å². The summed E-state index contributed by atoms with van der Waals surface area (Å²) < 4.78 is 12.7. The van der Waals surface area contributed by atoms with Gasteiger partial charge in [-0.05, 0) is 24.1 Å². The summed E-state index contributed by atoms with van der Waals surface area (Å²) in [5.41, 5.74) is 1.04. The third-order valence-corrected chi connectivity index (χ3v) is 2.67. The van der Waals surface area contributed by atoms with Crippen LogP contribution in [0.1, 0.15) is 31.7 Å². The Kier molecular flexibility index (Phi) is 6.84. The van der Waals surface area contributed by atoms with E-state index in [9.17, 15) is 4.39 Å². The lowest BCUT2D eigenvalue weighted by Crippen LogP contribution is -2.37. The Balaban J connectivity index is 2.29. The number of guanidine groups is 1. The highest BCUT2D eigenvalue weighted by molar-refractivity contribution is 5.79. The lowest BCUT2D eigenvalue weighted by atomic mass is 10.2. The summed E-state index contributed by atoms with van der Waals surface area (Å²) in [7, 11) is 1.75. The normalized spacial score (nSPS) is 11.4. The van der Waals surface area contributed by atoms with Crippen LogP contribution < -0.4 is 10.6 Å². The molecular weight excluding hydrogens is 229 g/mol.